The third-order valence-corrected chi connectivity index (χ3v) is 3.70. The van der Waals surface area contributed by atoms with E-state index in [1.807, 2.05) is 13.8 Å². The van der Waals surface area contributed by atoms with E-state index in [1.54, 1.807) is 6.07 Å². The summed E-state index contributed by atoms with van der Waals surface area (Å²) in [6.07, 6.45) is -4.41. The maximum absolute atomic E-state index is 12.4. The molecule has 0 fully saturated rings. The monoisotopic (exact) mass is 299 g/mol. The van der Waals surface area contributed by atoms with Crippen LogP contribution in [0.4, 0.5) is 13.2 Å². The summed E-state index contributed by atoms with van der Waals surface area (Å²) in [7, 11) is 0. The second kappa shape index (κ2) is 5.93. The van der Waals surface area contributed by atoms with Gasteiger partial charge in [-0.15, -0.1) is 22.9 Å². The zero-order valence-electron chi connectivity index (χ0n) is 9.97. The molecule has 18 heavy (non-hydrogen) atoms. The van der Waals surface area contributed by atoms with Crippen molar-refractivity contribution in [2.24, 2.45) is 0 Å². The van der Waals surface area contributed by atoms with Crippen LogP contribution < -0.4 is 0 Å². The summed E-state index contributed by atoms with van der Waals surface area (Å²) in [5, 5.41) is 0. The van der Waals surface area contributed by atoms with Crippen molar-refractivity contribution in [3.05, 3.63) is 21.4 Å². The summed E-state index contributed by atoms with van der Waals surface area (Å²) in [6.45, 7) is 2.26. The van der Waals surface area contributed by atoms with Gasteiger partial charge in [0.1, 0.15) is 6.54 Å². The van der Waals surface area contributed by atoms with Crippen molar-refractivity contribution in [2.45, 2.75) is 20.0 Å². The van der Waals surface area contributed by atoms with Crippen molar-refractivity contribution in [3.8, 4) is 0 Å². The molecule has 0 aliphatic rings. The number of rotatable bonds is 4. The Hall–Kier alpha value is -0.750. The predicted molar refractivity (Wildman–Crippen MR) is 66.5 cm³/mol. The van der Waals surface area contributed by atoms with Crippen LogP contribution in [0.5, 0.6) is 0 Å². The molecule has 0 bridgehead atoms. The van der Waals surface area contributed by atoms with E-state index in [2.05, 4.69) is 0 Å². The van der Waals surface area contributed by atoms with E-state index < -0.39 is 18.6 Å². The molecule has 1 rings (SSSR count). The number of hydrogen-bond acceptors (Lipinski definition) is 2. The number of carbonyl (C=O) groups excluding carboxylic acids is 1. The molecule has 0 saturated heterocycles. The average Bonchev–Trinajstić information content (AvgIpc) is 2.56. The van der Waals surface area contributed by atoms with Gasteiger partial charge in [0.2, 0.25) is 0 Å². The molecule has 0 aliphatic carbocycles. The van der Waals surface area contributed by atoms with Gasteiger partial charge in [-0.1, -0.05) is 0 Å². The van der Waals surface area contributed by atoms with E-state index in [9.17, 15) is 18.0 Å². The first kappa shape index (κ1) is 15.3. The first-order valence-electron chi connectivity index (χ1n) is 5.23. The molecule has 2 nitrogen and oxygen atoms in total. The highest BCUT2D eigenvalue weighted by Gasteiger charge is 2.33. The minimum atomic E-state index is -4.41. The normalized spacial score (nSPS) is 11.7. The molecule has 102 valence electrons. The van der Waals surface area contributed by atoms with Gasteiger partial charge in [0.25, 0.3) is 5.91 Å². The summed E-state index contributed by atoms with van der Waals surface area (Å²) < 4.78 is 37.1. The second-order valence-corrected chi connectivity index (χ2v) is 5.52. The van der Waals surface area contributed by atoms with Gasteiger partial charge in [-0.3, -0.25) is 4.79 Å². The fourth-order valence-corrected chi connectivity index (χ4v) is 2.61. The summed E-state index contributed by atoms with van der Waals surface area (Å²) in [4.78, 5) is 13.9. The lowest BCUT2D eigenvalue weighted by atomic mass is 10.2. The number of carbonyl (C=O) groups is 1. The molecule has 1 aromatic rings. The number of alkyl halides is 4. The quantitative estimate of drug-likeness (QED) is 0.778. The van der Waals surface area contributed by atoms with Crippen LogP contribution in [-0.2, 0) is 0 Å². The van der Waals surface area contributed by atoms with E-state index >= 15 is 0 Å². The lowest BCUT2D eigenvalue weighted by Gasteiger charge is -2.22. The number of hydrogen-bond donors (Lipinski definition) is 0. The summed E-state index contributed by atoms with van der Waals surface area (Å²) >= 11 is 6.64. The smallest absolute Gasteiger partial charge is 0.328 e. The van der Waals surface area contributed by atoms with Crippen molar-refractivity contribution in [3.63, 3.8) is 0 Å². The molecule has 0 unspecified atom stereocenters. The summed E-state index contributed by atoms with van der Waals surface area (Å²) in [5.74, 6) is -0.639. The molecule has 0 aliphatic heterocycles. The number of nitrogens with zero attached hydrogens (tertiary/aromatic N) is 1. The van der Waals surface area contributed by atoms with Gasteiger partial charge >= 0.3 is 6.18 Å². The molecule has 0 spiro atoms. The Labute approximate surface area is 112 Å². The maximum atomic E-state index is 12.4. The SMILES string of the molecule is Cc1cc(C(=O)N(CCCl)CC(F)(F)F)sc1C. The molecule has 0 saturated carbocycles. The molecule has 7 heteroatoms. The Kier molecular flexibility index (Phi) is 5.04. The van der Waals surface area contributed by atoms with E-state index in [-0.39, 0.29) is 12.4 Å². The number of amides is 1. The molecule has 1 heterocycles. The van der Waals surface area contributed by atoms with Crippen LogP contribution in [0, 0.1) is 13.8 Å². The lowest BCUT2D eigenvalue weighted by molar-refractivity contribution is -0.140. The van der Waals surface area contributed by atoms with Crippen LogP contribution in [-0.4, -0.2) is 36.0 Å². The molecular formula is C11H13ClF3NOS. The number of aryl methyl sites for hydroxylation is 2. The Morgan fingerprint density at radius 3 is 2.44 bits per heavy atom. The van der Waals surface area contributed by atoms with Crippen molar-refractivity contribution in [1.82, 2.24) is 4.90 Å². The fraction of sp³-hybridized carbons (Fsp3) is 0.545. The molecule has 1 aromatic heterocycles. The van der Waals surface area contributed by atoms with E-state index in [0.717, 1.165) is 15.3 Å². The van der Waals surface area contributed by atoms with Crippen LogP contribution in [0.25, 0.3) is 0 Å². The molecule has 0 atom stereocenters. The standard InChI is InChI=1S/C11H13ClF3NOS/c1-7-5-9(18-8(7)2)10(17)16(4-3-12)6-11(13,14)15/h5H,3-4,6H2,1-2H3. The van der Waals surface area contributed by atoms with Crippen molar-refractivity contribution in [1.29, 1.82) is 0 Å². The number of thiophene rings is 1. The molecule has 0 aromatic carbocycles. The minimum absolute atomic E-state index is 0.0227. The molecule has 0 N–H and O–H groups in total. The first-order chi connectivity index (χ1) is 8.24. The summed E-state index contributed by atoms with van der Waals surface area (Å²) in [5.41, 5.74) is 0.904. The van der Waals surface area contributed by atoms with Gasteiger partial charge in [0, 0.05) is 17.3 Å². The first-order valence-corrected chi connectivity index (χ1v) is 6.58. The zero-order chi connectivity index (χ0) is 13.9. The highest BCUT2D eigenvalue weighted by molar-refractivity contribution is 7.14. The third kappa shape index (κ3) is 4.17. The Morgan fingerprint density at radius 1 is 1.44 bits per heavy atom. The summed E-state index contributed by atoms with van der Waals surface area (Å²) in [6, 6.07) is 1.61. The van der Waals surface area contributed by atoms with Crippen molar-refractivity contribution < 1.29 is 18.0 Å². The van der Waals surface area contributed by atoms with Crippen LogP contribution in [0.1, 0.15) is 20.1 Å². The van der Waals surface area contributed by atoms with Crippen molar-refractivity contribution >= 4 is 28.8 Å². The van der Waals surface area contributed by atoms with Gasteiger partial charge in [0.05, 0.1) is 4.88 Å². The molecule has 0 radical (unpaired) electrons. The predicted octanol–water partition coefficient (Wildman–Crippen LogP) is 3.61. The number of halogens is 4. The lowest BCUT2D eigenvalue weighted by Crippen LogP contribution is -2.39. The van der Waals surface area contributed by atoms with Crippen LogP contribution >= 0.6 is 22.9 Å². The average molecular weight is 300 g/mol. The van der Waals surface area contributed by atoms with Gasteiger partial charge in [-0.2, -0.15) is 13.2 Å². The Bertz CT molecular complexity index is 411. The molecule has 1 amide bonds. The third-order valence-electron chi connectivity index (χ3n) is 2.39. The van der Waals surface area contributed by atoms with Crippen LogP contribution in [0.3, 0.4) is 0 Å². The van der Waals surface area contributed by atoms with E-state index in [1.165, 1.54) is 11.3 Å². The Morgan fingerprint density at radius 2 is 2.06 bits per heavy atom. The van der Waals surface area contributed by atoms with Gasteiger partial charge < -0.3 is 4.90 Å². The second-order valence-electron chi connectivity index (χ2n) is 3.88. The minimum Gasteiger partial charge on any atom is -0.328 e. The Balaban J connectivity index is 2.88. The maximum Gasteiger partial charge on any atom is 0.406 e. The van der Waals surface area contributed by atoms with Gasteiger partial charge in [-0.05, 0) is 25.5 Å². The highest BCUT2D eigenvalue weighted by Crippen LogP contribution is 2.24. The van der Waals surface area contributed by atoms with Crippen LogP contribution in [0.2, 0.25) is 0 Å². The fourth-order valence-electron chi connectivity index (χ4n) is 1.41. The van der Waals surface area contributed by atoms with Gasteiger partial charge in [-0.25, -0.2) is 0 Å². The van der Waals surface area contributed by atoms with Gasteiger partial charge in [0.15, 0.2) is 0 Å². The van der Waals surface area contributed by atoms with E-state index in [4.69, 9.17) is 11.6 Å². The zero-order valence-corrected chi connectivity index (χ0v) is 11.5. The highest BCUT2D eigenvalue weighted by atomic mass is 35.5. The van der Waals surface area contributed by atoms with E-state index in [0.29, 0.717) is 4.88 Å². The van der Waals surface area contributed by atoms with Crippen LogP contribution in [0.15, 0.2) is 6.07 Å². The largest absolute Gasteiger partial charge is 0.406 e. The van der Waals surface area contributed by atoms with Crippen molar-refractivity contribution in [2.75, 3.05) is 19.0 Å². The topological polar surface area (TPSA) is 20.3 Å². The molecular weight excluding hydrogens is 287 g/mol.